The predicted octanol–water partition coefficient (Wildman–Crippen LogP) is 5.62. The average molecular weight is 756 g/mol. The van der Waals surface area contributed by atoms with Crippen LogP contribution in [0.2, 0.25) is 5.02 Å². The summed E-state index contributed by atoms with van der Waals surface area (Å²) >= 11 is 6.48. The van der Waals surface area contributed by atoms with Gasteiger partial charge in [-0.15, -0.1) is 0 Å². The van der Waals surface area contributed by atoms with E-state index in [-0.39, 0.29) is 23.5 Å². The van der Waals surface area contributed by atoms with Gasteiger partial charge in [-0.05, 0) is 105 Å². The van der Waals surface area contributed by atoms with Crippen LogP contribution < -0.4 is 14.4 Å². The van der Waals surface area contributed by atoms with Crippen LogP contribution in [-0.2, 0) is 36.1 Å². The van der Waals surface area contributed by atoms with Crippen molar-refractivity contribution in [2.75, 3.05) is 71.2 Å². The van der Waals surface area contributed by atoms with Crippen LogP contribution in [0.5, 0.6) is 5.75 Å². The molecule has 2 aromatic carbocycles. The van der Waals surface area contributed by atoms with Crippen molar-refractivity contribution in [2.45, 2.75) is 75.2 Å². The fraction of sp³-hybridized carbons (Fsp3) is 0.625. The van der Waals surface area contributed by atoms with Crippen molar-refractivity contribution >= 4 is 33.2 Å². The molecule has 284 valence electrons. The number of morpholine rings is 1. The Morgan fingerprint density at radius 3 is 2.81 bits per heavy atom. The zero-order valence-electron chi connectivity index (χ0n) is 30.7. The van der Waals surface area contributed by atoms with E-state index in [4.69, 9.17) is 30.5 Å². The maximum atomic E-state index is 13.6. The first-order chi connectivity index (χ1) is 25.1. The van der Waals surface area contributed by atoms with E-state index in [9.17, 15) is 13.2 Å². The summed E-state index contributed by atoms with van der Waals surface area (Å²) in [7, 11) is -2.21. The summed E-state index contributed by atoms with van der Waals surface area (Å²) in [5.41, 5.74) is 3.41. The Morgan fingerprint density at radius 1 is 1.13 bits per heavy atom. The SMILES string of the molecule is COC[C@@H]1COCCN1CCO[C@H]1/C=C/C[C@H](C)[C@@H](C)S(=O)(=O)NC(=O)c2ccc3c(c2)N(C[C@@H]2CC[C@H]21)C[C@@]1(CCCc2cc(Cl)ccc21)CO3. The van der Waals surface area contributed by atoms with Crippen LogP contribution in [0.4, 0.5) is 5.69 Å². The van der Waals surface area contributed by atoms with Gasteiger partial charge in [0.25, 0.3) is 5.91 Å². The van der Waals surface area contributed by atoms with Gasteiger partial charge < -0.3 is 23.8 Å². The Morgan fingerprint density at radius 2 is 2.00 bits per heavy atom. The number of anilines is 1. The molecule has 7 atom stereocenters. The fourth-order valence-corrected chi connectivity index (χ4v) is 10.4. The number of sulfonamides is 1. The lowest BCUT2D eigenvalue weighted by molar-refractivity contribution is -0.0607. The Labute approximate surface area is 314 Å². The molecule has 12 heteroatoms. The highest BCUT2D eigenvalue weighted by Crippen LogP contribution is 2.47. The molecule has 2 bridgehead atoms. The topological polar surface area (TPSA) is 107 Å². The molecule has 1 N–H and O–H groups in total. The summed E-state index contributed by atoms with van der Waals surface area (Å²) < 4.78 is 54.0. The monoisotopic (exact) mass is 755 g/mol. The molecule has 2 fully saturated rings. The number of amides is 1. The number of carbonyl (C=O) groups excluding carboxylic acids is 1. The lowest BCUT2D eigenvalue weighted by atomic mass is 9.68. The summed E-state index contributed by atoms with van der Waals surface area (Å²) in [5, 5.41) is -0.0311. The van der Waals surface area contributed by atoms with Gasteiger partial charge in [0.2, 0.25) is 10.0 Å². The van der Waals surface area contributed by atoms with Gasteiger partial charge in [-0.1, -0.05) is 36.7 Å². The summed E-state index contributed by atoms with van der Waals surface area (Å²) in [4.78, 5) is 18.4. The minimum absolute atomic E-state index is 0.104. The first-order valence-electron chi connectivity index (χ1n) is 19.0. The van der Waals surface area contributed by atoms with Gasteiger partial charge in [-0.2, -0.15) is 0 Å². The third-order valence-electron chi connectivity index (χ3n) is 12.4. The molecule has 5 aliphatic rings. The molecule has 1 amide bonds. The lowest BCUT2D eigenvalue weighted by Crippen LogP contribution is -2.50. The number of fused-ring (bicyclic) bond motifs is 4. The second-order valence-electron chi connectivity index (χ2n) is 15.7. The van der Waals surface area contributed by atoms with Crippen molar-refractivity contribution in [3.05, 3.63) is 70.3 Å². The molecule has 1 saturated carbocycles. The van der Waals surface area contributed by atoms with Gasteiger partial charge in [0.05, 0.1) is 56.1 Å². The van der Waals surface area contributed by atoms with E-state index in [0.717, 1.165) is 69.0 Å². The number of allylic oxidation sites excluding steroid dienone is 1. The Bertz CT molecular complexity index is 1740. The molecule has 3 aliphatic heterocycles. The molecule has 10 nitrogen and oxygen atoms in total. The smallest absolute Gasteiger partial charge is 0.264 e. The minimum Gasteiger partial charge on any atom is -0.490 e. The molecule has 2 aromatic rings. The zero-order chi connectivity index (χ0) is 36.5. The summed E-state index contributed by atoms with van der Waals surface area (Å²) in [6, 6.07) is 11.8. The minimum atomic E-state index is -3.94. The number of halogens is 1. The summed E-state index contributed by atoms with van der Waals surface area (Å²) in [5.74, 6) is 0.533. The molecular formula is C40H54ClN3O7S. The Kier molecular flexibility index (Phi) is 11.6. The van der Waals surface area contributed by atoms with E-state index < -0.39 is 21.2 Å². The van der Waals surface area contributed by atoms with Crippen LogP contribution in [0.1, 0.15) is 67.4 Å². The maximum absolute atomic E-state index is 13.6. The number of rotatable bonds is 6. The van der Waals surface area contributed by atoms with E-state index in [1.165, 1.54) is 11.1 Å². The Balaban J connectivity index is 1.21. The van der Waals surface area contributed by atoms with Gasteiger partial charge in [0, 0.05) is 49.3 Å². The predicted molar refractivity (Wildman–Crippen MR) is 203 cm³/mol. The van der Waals surface area contributed by atoms with Gasteiger partial charge in [0.1, 0.15) is 5.75 Å². The number of nitrogens with zero attached hydrogens (tertiary/aromatic N) is 2. The van der Waals surface area contributed by atoms with Crippen LogP contribution in [0.15, 0.2) is 48.6 Å². The molecule has 0 unspecified atom stereocenters. The van der Waals surface area contributed by atoms with Crippen molar-refractivity contribution in [3.8, 4) is 5.75 Å². The van der Waals surface area contributed by atoms with Gasteiger partial charge >= 0.3 is 0 Å². The molecule has 7 rings (SSSR count). The fourth-order valence-electron chi connectivity index (χ4n) is 8.96. The zero-order valence-corrected chi connectivity index (χ0v) is 32.3. The van der Waals surface area contributed by atoms with Crippen molar-refractivity contribution in [1.29, 1.82) is 0 Å². The lowest BCUT2D eigenvalue weighted by Gasteiger charge is -2.46. The number of aryl methyl sites for hydroxylation is 1. The molecule has 0 aromatic heterocycles. The molecule has 3 heterocycles. The van der Waals surface area contributed by atoms with E-state index >= 15 is 0 Å². The number of carbonyl (C=O) groups is 1. The highest BCUT2D eigenvalue weighted by atomic mass is 35.5. The first kappa shape index (κ1) is 37.6. The normalized spacial score (nSPS) is 32.8. The van der Waals surface area contributed by atoms with Gasteiger partial charge in [-0.3, -0.25) is 9.69 Å². The van der Waals surface area contributed by atoms with E-state index in [1.54, 1.807) is 20.1 Å². The van der Waals surface area contributed by atoms with Gasteiger partial charge in [-0.25, -0.2) is 13.1 Å². The van der Waals surface area contributed by atoms with Crippen molar-refractivity contribution < 1.29 is 32.2 Å². The Hall–Kier alpha value is -2.67. The van der Waals surface area contributed by atoms with Gasteiger partial charge in [0.15, 0.2) is 0 Å². The number of hydrogen-bond donors (Lipinski definition) is 1. The number of benzene rings is 2. The molecule has 0 radical (unpaired) electrons. The molecule has 2 aliphatic carbocycles. The van der Waals surface area contributed by atoms with E-state index in [2.05, 4.69) is 38.8 Å². The standard InChI is InChI=1S/C40H54ClN3O7S/c1-27-6-4-8-37(50-19-17-43-16-18-49-24-33(43)23-48-3)34-12-9-31(34)22-44-25-40(15-5-7-29-20-32(41)11-13-35(29)40)26-51-38-14-10-30(21-36(38)44)39(45)42-52(46,47)28(27)2/h4,8,10-11,13-14,20-21,27-28,31,33-34,37H,5-7,9,12,15-19,22-26H2,1-3H3,(H,42,45)/b8-4+/t27-,28+,31-,33+,34+,37-,40-/m0/s1. The summed E-state index contributed by atoms with van der Waals surface area (Å²) in [6.07, 6.45) is 9.83. The number of hydrogen-bond acceptors (Lipinski definition) is 9. The first-order valence-corrected chi connectivity index (χ1v) is 20.9. The summed E-state index contributed by atoms with van der Waals surface area (Å²) in [6.45, 7) is 9.79. The molecule has 1 saturated heterocycles. The largest absolute Gasteiger partial charge is 0.490 e. The molecular weight excluding hydrogens is 702 g/mol. The van der Waals surface area contributed by atoms with Crippen LogP contribution >= 0.6 is 11.6 Å². The second-order valence-corrected chi connectivity index (χ2v) is 18.1. The third kappa shape index (κ3) is 7.91. The second kappa shape index (κ2) is 16.0. The van der Waals surface area contributed by atoms with Crippen LogP contribution in [0, 0.1) is 17.8 Å². The molecule has 52 heavy (non-hydrogen) atoms. The quantitative estimate of drug-likeness (QED) is 0.377. The average Bonchev–Trinajstić information content (AvgIpc) is 3.26. The van der Waals surface area contributed by atoms with Crippen molar-refractivity contribution in [2.24, 2.45) is 17.8 Å². The van der Waals surface area contributed by atoms with E-state index in [1.807, 2.05) is 25.1 Å². The third-order valence-corrected chi connectivity index (χ3v) is 14.6. The highest BCUT2D eigenvalue weighted by molar-refractivity contribution is 7.90. The number of ether oxygens (including phenoxy) is 4. The number of methoxy groups -OCH3 is 1. The van der Waals surface area contributed by atoms with Crippen LogP contribution in [0.25, 0.3) is 0 Å². The highest BCUT2D eigenvalue weighted by Gasteiger charge is 2.45. The van der Waals surface area contributed by atoms with Crippen LogP contribution in [0.3, 0.4) is 0 Å². The van der Waals surface area contributed by atoms with E-state index in [0.29, 0.717) is 62.6 Å². The van der Waals surface area contributed by atoms with Crippen molar-refractivity contribution in [1.82, 2.24) is 9.62 Å². The van der Waals surface area contributed by atoms with Crippen LogP contribution in [-0.4, -0.2) is 103 Å². The maximum Gasteiger partial charge on any atom is 0.264 e. The number of nitrogens with one attached hydrogen (secondary N) is 1. The van der Waals surface area contributed by atoms with Crippen molar-refractivity contribution in [3.63, 3.8) is 0 Å². The molecule has 1 spiro atoms.